The van der Waals surface area contributed by atoms with Gasteiger partial charge in [0.25, 0.3) is 0 Å². The van der Waals surface area contributed by atoms with Crippen LogP contribution in [0.3, 0.4) is 0 Å². The molecule has 0 aliphatic carbocycles. The molecule has 0 unspecified atom stereocenters. The summed E-state index contributed by atoms with van der Waals surface area (Å²) in [6.45, 7) is 0. The second-order valence-corrected chi connectivity index (χ2v) is 4.38. The number of rotatable bonds is 3. The average Bonchev–Trinajstić information content (AvgIpc) is 2.97. The summed E-state index contributed by atoms with van der Waals surface area (Å²) >= 11 is 0. The molecule has 0 radical (unpaired) electrons. The number of anilines is 1. The van der Waals surface area contributed by atoms with Gasteiger partial charge in [0.2, 0.25) is 5.89 Å². The molecule has 0 saturated heterocycles. The van der Waals surface area contributed by atoms with Crippen LogP contribution in [0.25, 0.3) is 22.8 Å². The summed E-state index contributed by atoms with van der Waals surface area (Å²) in [6, 6.07) is 15.1. The number of hydrogen-bond acceptors (Lipinski definition) is 4. The van der Waals surface area contributed by atoms with Gasteiger partial charge in [-0.25, -0.2) is 4.98 Å². The summed E-state index contributed by atoms with van der Waals surface area (Å²) in [7, 11) is 1.64. The molecule has 0 fully saturated rings. The highest BCUT2D eigenvalue weighted by molar-refractivity contribution is 5.64. The lowest BCUT2D eigenvalue weighted by atomic mass is 10.2. The number of benzene rings is 2. The highest BCUT2D eigenvalue weighted by Crippen LogP contribution is 2.27. The van der Waals surface area contributed by atoms with Crippen molar-refractivity contribution in [3.05, 3.63) is 54.7 Å². The van der Waals surface area contributed by atoms with E-state index in [1.165, 1.54) is 0 Å². The maximum Gasteiger partial charge on any atom is 0.226 e. The Labute approximate surface area is 116 Å². The highest BCUT2D eigenvalue weighted by atomic mass is 16.5. The standard InChI is InChI=1S/C16H14N2O2/c1-19-14-7-5-11(6-8-14)16-18-10-15(20-16)12-3-2-4-13(17)9-12/h2-10H,17H2,1H3. The van der Waals surface area contributed by atoms with E-state index in [-0.39, 0.29) is 0 Å². The normalized spacial score (nSPS) is 10.4. The van der Waals surface area contributed by atoms with Gasteiger partial charge in [-0.05, 0) is 36.4 Å². The number of methoxy groups -OCH3 is 1. The van der Waals surface area contributed by atoms with Crippen LogP contribution in [0, 0.1) is 0 Å². The molecule has 3 aromatic rings. The molecule has 0 saturated carbocycles. The Morgan fingerprint density at radius 2 is 1.85 bits per heavy atom. The molecule has 4 heteroatoms. The van der Waals surface area contributed by atoms with Crippen molar-refractivity contribution in [3.8, 4) is 28.5 Å². The Morgan fingerprint density at radius 1 is 1.05 bits per heavy atom. The number of ether oxygens (including phenoxy) is 1. The summed E-state index contributed by atoms with van der Waals surface area (Å²) in [4.78, 5) is 4.30. The fourth-order valence-corrected chi connectivity index (χ4v) is 1.97. The molecule has 0 aliphatic heterocycles. The van der Waals surface area contributed by atoms with Gasteiger partial charge in [0.05, 0.1) is 13.3 Å². The van der Waals surface area contributed by atoms with E-state index in [4.69, 9.17) is 14.9 Å². The van der Waals surface area contributed by atoms with Gasteiger partial charge in [0.1, 0.15) is 5.75 Å². The second kappa shape index (κ2) is 5.09. The van der Waals surface area contributed by atoms with E-state index < -0.39 is 0 Å². The van der Waals surface area contributed by atoms with Crippen LogP contribution in [-0.4, -0.2) is 12.1 Å². The van der Waals surface area contributed by atoms with Gasteiger partial charge < -0.3 is 14.9 Å². The minimum atomic E-state index is 0.574. The Bertz CT molecular complexity index is 717. The van der Waals surface area contributed by atoms with E-state index >= 15 is 0 Å². The molecule has 0 atom stereocenters. The number of aromatic nitrogens is 1. The number of hydrogen-bond donors (Lipinski definition) is 1. The van der Waals surface area contributed by atoms with Gasteiger partial charge in [-0.2, -0.15) is 0 Å². The van der Waals surface area contributed by atoms with E-state index in [1.807, 2.05) is 48.5 Å². The number of nitrogens with zero attached hydrogens (tertiary/aromatic N) is 1. The maximum atomic E-state index is 5.78. The maximum absolute atomic E-state index is 5.78. The first kappa shape index (κ1) is 12.3. The molecule has 2 N–H and O–H groups in total. The topological polar surface area (TPSA) is 61.3 Å². The van der Waals surface area contributed by atoms with E-state index in [0.717, 1.165) is 16.9 Å². The van der Waals surface area contributed by atoms with Crippen LogP contribution < -0.4 is 10.5 Å². The van der Waals surface area contributed by atoms with Crippen LogP contribution in [0.1, 0.15) is 0 Å². The molecule has 20 heavy (non-hydrogen) atoms. The zero-order valence-corrected chi connectivity index (χ0v) is 11.0. The smallest absolute Gasteiger partial charge is 0.226 e. The van der Waals surface area contributed by atoms with Gasteiger partial charge in [0.15, 0.2) is 5.76 Å². The number of nitrogen functional groups attached to an aromatic ring is 1. The fraction of sp³-hybridized carbons (Fsp3) is 0.0625. The number of oxazole rings is 1. The van der Waals surface area contributed by atoms with Gasteiger partial charge in [0, 0.05) is 16.8 Å². The first-order valence-electron chi connectivity index (χ1n) is 6.22. The lowest BCUT2D eigenvalue weighted by Gasteiger charge is -2.00. The van der Waals surface area contributed by atoms with Crippen LogP contribution in [-0.2, 0) is 0 Å². The lowest BCUT2D eigenvalue weighted by Crippen LogP contribution is -1.83. The second-order valence-electron chi connectivity index (χ2n) is 4.38. The van der Waals surface area contributed by atoms with Crippen LogP contribution in [0.5, 0.6) is 5.75 Å². The molecule has 0 bridgehead atoms. The molecule has 0 spiro atoms. The third kappa shape index (κ3) is 2.36. The minimum Gasteiger partial charge on any atom is -0.497 e. The van der Waals surface area contributed by atoms with Gasteiger partial charge in [-0.15, -0.1) is 0 Å². The highest BCUT2D eigenvalue weighted by Gasteiger charge is 2.08. The van der Waals surface area contributed by atoms with E-state index in [1.54, 1.807) is 13.3 Å². The lowest BCUT2D eigenvalue weighted by molar-refractivity contribution is 0.415. The van der Waals surface area contributed by atoms with Gasteiger partial charge in [-0.1, -0.05) is 12.1 Å². The van der Waals surface area contributed by atoms with Crippen LogP contribution >= 0.6 is 0 Å². The third-order valence-corrected chi connectivity index (χ3v) is 3.01. The Morgan fingerprint density at radius 3 is 2.55 bits per heavy atom. The first-order chi connectivity index (χ1) is 9.76. The van der Waals surface area contributed by atoms with Crippen molar-refractivity contribution in [1.82, 2.24) is 4.98 Å². The van der Waals surface area contributed by atoms with Crippen LogP contribution in [0.2, 0.25) is 0 Å². The number of nitrogens with two attached hydrogens (primary N) is 1. The van der Waals surface area contributed by atoms with Gasteiger partial charge >= 0.3 is 0 Å². The van der Waals surface area contributed by atoms with E-state index in [2.05, 4.69) is 4.98 Å². The Balaban J connectivity index is 1.93. The van der Waals surface area contributed by atoms with Crippen molar-refractivity contribution < 1.29 is 9.15 Å². The van der Waals surface area contributed by atoms with Gasteiger partial charge in [-0.3, -0.25) is 0 Å². The fourth-order valence-electron chi connectivity index (χ4n) is 1.97. The monoisotopic (exact) mass is 266 g/mol. The molecule has 3 rings (SSSR count). The summed E-state index contributed by atoms with van der Waals surface area (Å²) < 4.78 is 10.9. The quantitative estimate of drug-likeness (QED) is 0.736. The summed E-state index contributed by atoms with van der Waals surface area (Å²) in [6.07, 6.45) is 1.70. The van der Waals surface area contributed by atoms with E-state index in [9.17, 15) is 0 Å². The van der Waals surface area contributed by atoms with Crippen molar-refractivity contribution in [2.45, 2.75) is 0 Å². The van der Waals surface area contributed by atoms with Crippen LogP contribution in [0.15, 0.2) is 59.1 Å². The SMILES string of the molecule is COc1ccc(-c2ncc(-c3cccc(N)c3)o2)cc1. The molecule has 1 heterocycles. The minimum absolute atomic E-state index is 0.574. The summed E-state index contributed by atoms with van der Waals surface area (Å²) in [5, 5.41) is 0. The van der Waals surface area contributed by atoms with Crippen molar-refractivity contribution in [1.29, 1.82) is 0 Å². The molecule has 4 nitrogen and oxygen atoms in total. The molecule has 0 amide bonds. The molecular weight excluding hydrogens is 252 g/mol. The first-order valence-corrected chi connectivity index (χ1v) is 6.22. The Hall–Kier alpha value is -2.75. The van der Waals surface area contributed by atoms with Crippen molar-refractivity contribution in [2.75, 3.05) is 12.8 Å². The summed E-state index contributed by atoms with van der Waals surface area (Å²) in [5.74, 6) is 2.07. The molecular formula is C16H14N2O2. The zero-order chi connectivity index (χ0) is 13.9. The predicted octanol–water partition coefficient (Wildman–Crippen LogP) is 3.60. The molecule has 2 aromatic carbocycles. The van der Waals surface area contributed by atoms with E-state index in [0.29, 0.717) is 17.3 Å². The van der Waals surface area contributed by atoms with Crippen molar-refractivity contribution in [3.63, 3.8) is 0 Å². The average molecular weight is 266 g/mol. The van der Waals surface area contributed by atoms with Crippen molar-refractivity contribution in [2.24, 2.45) is 0 Å². The van der Waals surface area contributed by atoms with Crippen molar-refractivity contribution >= 4 is 5.69 Å². The van der Waals surface area contributed by atoms with Crippen LogP contribution in [0.4, 0.5) is 5.69 Å². The molecule has 1 aromatic heterocycles. The predicted molar refractivity (Wildman–Crippen MR) is 78.3 cm³/mol. The zero-order valence-electron chi connectivity index (χ0n) is 11.0. The largest absolute Gasteiger partial charge is 0.497 e. The molecule has 0 aliphatic rings. The third-order valence-electron chi connectivity index (χ3n) is 3.01. The Kier molecular flexibility index (Phi) is 3.13. The molecule has 100 valence electrons. The summed E-state index contributed by atoms with van der Waals surface area (Å²) in [5.41, 5.74) is 8.29.